The molecule has 0 bridgehead atoms. The van der Waals surface area contributed by atoms with Gasteiger partial charge in [0.25, 0.3) is 0 Å². The molecule has 0 atom stereocenters. The molecule has 2 heterocycles. The third-order valence-corrected chi connectivity index (χ3v) is 5.56. The number of aryl methyl sites for hydroxylation is 2. The molecule has 1 amide bonds. The Morgan fingerprint density at radius 3 is 2.54 bits per heavy atom. The minimum Gasteiger partial charge on any atom is -0.340 e. The predicted octanol–water partition coefficient (Wildman–Crippen LogP) is 3.22. The Balaban J connectivity index is 1.52. The second-order valence-corrected chi connectivity index (χ2v) is 7.18. The fourth-order valence-electron chi connectivity index (χ4n) is 2.96. The highest BCUT2D eigenvalue weighted by Crippen LogP contribution is 2.24. The van der Waals surface area contributed by atoms with Gasteiger partial charge in [0.1, 0.15) is 5.01 Å². The van der Waals surface area contributed by atoms with Crippen molar-refractivity contribution >= 4 is 17.2 Å². The van der Waals surface area contributed by atoms with Crippen LogP contribution in [0, 0.1) is 6.92 Å². The highest BCUT2D eigenvalue weighted by molar-refractivity contribution is 7.13. The monoisotopic (exact) mass is 343 g/mol. The number of carbonyl (C=O) groups excluding carboxylic acids is 1. The van der Waals surface area contributed by atoms with Gasteiger partial charge in [-0.15, -0.1) is 11.3 Å². The summed E-state index contributed by atoms with van der Waals surface area (Å²) >= 11 is 1.66. The number of likely N-dealkylation sites (N-methyl/N-ethyl adjacent to an activating group) is 1. The summed E-state index contributed by atoms with van der Waals surface area (Å²) in [6.07, 6.45) is 1.29. The molecule has 0 unspecified atom stereocenters. The second-order valence-electron chi connectivity index (χ2n) is 6.33. The van der Waals surface area contributed by atoms with Gasteiger partial charge >= 0.3 is 0 Å². The molecule has 0 saturated carbocycles. The van der Waals surface area contributed by atoms with E-state index in [1.807, 2.05) is 4.90 Å². The Morgan fingerprint density at radius 1 is 1.17 bits per heavy atom. The Hall–Kier alpha value is -1.72. The summed E-state index contributed by atoms with van der Waals surface area (Å²) in [4.78, 5) is 21.4. The van der Waals surface area contributed by atoms with Crippen LogP contribution < -0.4 is 0 Å². The molecule has 5 heteroatoms. The van der Waals surface area contributed by atoms with Crippen molar-refractivity contribution in [2.24, 2.45) is 0 Å². The largest absolute Gasteiger partial charge is 0.340 e. The van der Waals surface area contributed by atoms with Crippen LogP contribution in [0.2, 0.25) is 0 Å². The molecule has 2 aromatic rings. The highest BCUT2D eigenvalue weighted by Gasteiger charge is 2.20. The molecule has 24 heavy (non-hydrogen) atoms. The number of aromatic nitrogens is 1. The first kappa shape index (κ1) is 17.1. The number of hydrogen-bond acceptors (Lipinski definition) is 4. The lowest BCUT2D eigenvalue weighted by atomic mass is 10.1. The molecule has 1 aromatic heterocycles. The molecule has 1 saturated heterocycles. The van der Waals surface area contributed by atoms with Crippen LogP contribution in [-0.4, -0.2) is 53.4 Å². The highest BCUT2D eigenvalue weighted by atomic mass is 32.1. The van der Waals surface area contributed by atoms with Crippen LogP contribution in [0.1, 0.15) is 24.6 Å². The van der Waals surface area contributed by atoms with Gasteiger partial charge in [-0.3, -0.25) is 4.79 Å². The molecule has 3 rings (SSSR count). The van der Waals surface area contributed by atoms with Gasteiger partial charge in [-0.1, -0.05) is 36.8 Å². The quantitative estimate of drug-likeness (QED) is 0.836. The maximum atomic E-state index is 12.4. The van der Waals surface area contributed by atoms with Crippen LogP contribution in [0.5, 0.6) is 0 Å². The first-order valence-corrected chi connectivity index (χ1v) is 9.55. The lowest BCUT2D eigenvalue weighted by Crippen LogP contribution is -2.48. The Morgan fingerprint density at radius 2 is 1.88 bits per heavy atom. The predicted molar refractivity (Wildman–Crippen MR) is 99.3 cm³/mol. The van der Waals surface area contributed by atoms with Crippen molar-refractivity contribution in [2.45, 2.75) is 26.7 Å². The molecule has 4 nitrogen and oxygen atoms in total. The number of thiazole rings is 1. The van der Waals surface area contributed by atoms with Gasteiger partial charge in [-0.2, -0.15) is 0 Å². The molecule has 1 aliphatic heterocycles. The number of piperazine rings is 1. The van der Waals surface area contributed by atoms with Crippen molar-refractivity contribution in [1.29, 1.82) is 0 Å². The van der Waals surface area contributed by atoms with Crippen molar-refractivity contribution < 1.29 is 4.79 Å². The van der Waals surface area contributed by atoms with Crippen molar-refractivity contribution in [3.8, 4) is 10.6 Å². The van der Waals surface area contributed by atoms with Gasteiger partial charge in [0.05, 0.1) is 5.69 Å². The van der Waals surface area contributed by atoms with Gasteiger partial charge in [-0.05, 0) is 19.9 Å². The van der Waals surface area contributed by atoms with Gasteiger partial charge in [-0.25, -0.2) is 4.98 Å². The molecule has 0 spiro atoms. The smallest absolute Gasteiger partial charge is 0.223 e. The molecule has 0 aliphatic carbocycles. The first-order valence-electron chi connectivity index (χ1n) is 8.67. The lowest BCUT2D eigenvalue weighted by molar-refractivity contribution is -0.132. The maximum absolute atomic E-state index is 12.4. The summed E-state index contributed by atoms with van der Waals surface area (Å²) in [5.41, 5.74) is 3.43. The molecule has 128 valence electrons. The van der Waals surface area contributed by atoms with Crippen LogP contribution in [0.15, 0.2) is 29.6 Å². The van der Waals surface area contributed by atoms with Crippen molar-refractivity contribution in [1.82, 2.24) is 14.8 Å². The second kappa shape index (κ2) is 7.90. The van der Waals surface area contributed by atoms with Crippen LogP contribution in [0.25, 0.3) is 10.6 Å². The SMILES string of the molecule is CCN1CCN(C(=O)CCc2csc(-c3ccc(C)cc3)n2)CC1. The normalized spacial score (nSPS) is 15.7. The maximum Gasteiger partial charge on any atom is 0.223 e. The van der Waals surface area contributed by atoms with Crippen LogP contribution in [0.4, 0.5) is 0 Å². The van der Waals surface area contributed by atoms with Gasteiger partial charge in [0.15, 0.2) is 0 Å². The minimum atomic E-state index is 0.260. The van der Waals surface area contributed by atoms with Crippen LogP contribution in [0.3, 0.4) is 0 Å². The molecular formula is C19H25N3OS. The summed E-state index contributed by atoms with van der Waals surface area (Å²) in [7, 11) is 0. The summed E-state index contributed by atoms with van der Waals surface area (Å²) < 4.78 is 0. The fraction of sp³-hybridized carbons (Fsp3) is 0.474. The third-order valence-electron chi connectivity index (χ3n) is 4.62. The zero-order chi connectivity index (χ0) is 16.9. The van der Waals surface area contributed by atoms with Crippen molar-refractivity contribution in [3.05, 3.63) is 40.9 Å². The van der Waals surface area contributed by atoms with E-state index in [1.54, 1.807) is 11.3 Å². The van der Waals surface area contributed by atoms with E-state index in [1.165, 1.54) is 5.56 Å². The van der Waals surface area contributed by atoms with Crippen LogP contribution >= 0.6 is 11.3 Å². The summed E-state index contributed by atoms with van der Waals surface area (Å²) in [6.45, 7) is 9.04. The van der Waals surface area contributed by atoms with E-state index in [0.717, 1.165) is 55.4 Å². The van der Waals surface area contributed by atoms with E-state index in [4.69, 9.17) is 4.98 Å². The number of hydrogen-bond donors (Lipinski definition) is 0. The average molecular weight is 343 g/mol. The zero-order valence-electron chi connectivity index (χ0n) is 14.5. The Bertz CT molecular complexity index is 672. The minimum absolute atomic E-state index is 0.260. The third kappa shape index (κ3) is 4.22. The Kier molecular flexibility index (Phi) is 5.63. The summed E-state index contributed by atoms with van der Waals surface area (Å²) in [5.74, 6) is 0.260. The van der Waals surface area contributed by atoms with Gasteiger partial charge in [0.2, 0.25) is 5.91 Å². The topological polar surface area (TPSA) is 36.4 Å². The van der Waals surface area contributed by atoms with E-state index < -0.39 is 0 Å². The van der Waals surface area contributed by atoms with Crippen LogP contribution in [-0.2, 0) is 11.2 Å². The summed E-state index contributed by atoms with van der Waals surface area (Å²) in [5, 5.41) is 3.12. The summed E-state index contributed by atoms with van der Waals surface area (Å²) in [6, 6.07) is 8.43. The molecule has 0 N–H and O–H groups in total. The molecule has 1 aromatic carbocycles. The fourth-order valence-corrected chi connectivity index (χ4v) is 3.82. The number of carbonyl (C=O) groups is 1. The average Bonchev–Trinajstić information content (AvgIpc) is 3.09. The van der Waals surface area contributed by atoms with E-state index in [-0.39, 0.29) is 5.91 Å². The van der Waals surface area contributed by atoms with Crippen molar-refractivity contribution in [3.63, 3.8) is 0 Å². The number of nitrogens with zero attached hydrogens (tertiary/aromatic N) is 3. The van der Waals surface area contributed by atoms with Crippen molar-refractivity contribution in [2.75, 3.05) is 32.7 Å². The number of benzene rings is 1. The molecule has 0 radical (unpaired) electrons. The zero-order valence-corrected chi connectivity index (χ0v) is 15.3. The number of rotatable bonds is 5. The van der Waals surface area contributed by atoms with E-state index in [0.29, 0.717) is 6.42 Å². The molecular weight excluding hydrogens is 318 g/mol. The number of amides is 1. The van der Waals surface area contributed by atoms with E-state index >= 15 is 0 Å². The van der Waals surface area contributed by atoms with E-state index in [9.17, 15) is 4.79 Å². The van der Waals surface area contributed by atoms with Gasteiger partial charge in [0, 0.05) is 43.5 Å². The standard InChI is InChI=1S/C19H25N3OS/c1-3-21-10-12-22(13-11-21)18(23)9-8-17-14-24-19(20-17)16-6-4-15(2)5-7-16/h4-7,14H,3,8-13H2,1-2H3. The Labute approximate surface area is 148 Å². The molecule has 1 fully saturated rings. The molecule has 1 aliphatic rings. The van der Waals surface area contributed by atoms with E-state index in [2.05, 4.69) is 48.4 Å². The lowest BCUT2D eigenvalue weighted by Gasteiger charge is -2.34. The van der Waals surface area contributed by atoms with Gasteiger partial charge < -0.3 is 9.80 Å². The first-order chi connectivity index (χ1) is 11.7.